The van der Waals surface area contributed by atoms with Gasteiger partial charge < -0.3 is 9.15 Å². The molecule has 0 aliphatic carbocycles. The van der Waals surface area contributed by atoms with Crippen LogP contribution in [0.25, 0.3) is 11.0 Å². The Hall–Kier alpha value is -1.77. The first kappa shape index (κ1) is 12.3. The highest BCUT2D eigenvalue weighted by molar-refractivity contribution is 5.81. The number of nitrogens with zero attached hydrogens (tertiary/aromatic N) is 1. The van der Waals surface area contributed by atoms with E-state index in [-0.39, 0.29) is 0 Å². The van der Waals surface area contributed by atoms with Crippen molar-refractivity contribution < 1.29 is 9.15 Å². The summed E-state index contributed by atoms with van der Waals surface area (Å²) in [6.45, 7) is 4.33. The fourth-order valence-electron chi connectivity index (χ4n) is 2.72. The van der Waals surface area contributed by atoms with Gasteiger partial charge in [-0.25, -0.2) is 0 Å². The van der Waals surface area contributed by atoms with Crippen LogP contribution in [-0.2, 0) is 0 Å². The van der Waals surface area contributed by atoms with Gasteiger partial charge in [-0.15, -0.1) is 0 Å². The molecule has 19 heavy (non-hydrogen) atoms. The van der Waals surface area contributed by atoms with E-state index in [1.807, 2.05) is 12.1 Å². The van der Waals surface area contributed by atoms with E-state index < -0.39 is 0 Å². The fourth-order valence-corrected chi connectivity index (χ4v) is 2.72. The first-order chi connectivity index (χ1) is 9.28. The summed E-state index contributed by atoms with van der Waals surface area (Å²) in [7, 11) is 1.68. The third-order valence-electron chi connectivity index (χ3n) is 3.84. The molecule has 0 amide bonds. The van der Waals surface area contributed by atoms with Gasteiger partial charge in [0.2, 0.25) is 0 Å². The van der Waals surface area contributed by atoms with Gasteiger partial charge in [0, 0.05) is 24.3 Å². The van der Waals surface area contributed by atoms with Crippen molar-refractivity contribution in [3.05, 3.63) is 35.4 Å². The maximum absolute atomic E-state index is 6.07. The summed E-state index contributed by atoms with van der Waals surface area (Å²) in [4.78, 5) is 0. The van der Waals surface area contributed by atoms with E-state index in [4.69, 9.17) is 9.15 Å². The molecule has 0 saturated carbocycles. The van der Waals surface area contributed by atoms with Gasteiger partial charge in [-0.1, -0.05) is 0 Å². The summed E-state index contributed by atoms with van der Waals surface area (Å²) in [6, 6.07) is 8.16. The molecule has 3 nitrogen and oxygen atoms in total. The number of methoxy groups -OCH3 is 1. The zero-order valence-electron chi connectivity index (χ0n) is 11.6. The Morgan fingerprint density at radius 1 is 1.11 bits per heavy atom. The van der Waals surface area contributed by atoms with Crippen molar-refractivity contribution in [3.63, 3.8) is 0 Å². The smallest absolute Gasteiger partial charge is 0.368 e. The standard InChI is InChI=1S/C16H20NO2/c1-12-10-16(17-8-4-3-5-9-17)19-15-11-13(18-2)6-7-14(12)15/h6-7,10-11H,3-5,8-9H2,1-2H3/q+1. The van der Waals surface area contributed by atoms with Gasteiger partial charge >= 0.3 is 5.55 Å². The molecule has 1 saturated heterocycles. The maximum atomic E-state index is 6.07. The molecule has 0 N–H and O–H groups in total. The van der Waals surface area contributed by atoms with E-state index in [0.29, 0.717) is 0 Å². The first-order valence-electron chi connectivity index (χ1n) is 6.94. The molecule has 3 rings (SSSR count). The van der Waals surface area contributed by atoms with Crippen LogP contribution in [0.15, 0.2) is 28.7 Å². The predicted molar refractivity (Wildman–Crippen MR) is 76.4 cm³/mol. The molecular weight excluding hydrogens is 238 g/mol. The van der Waals surface area contributed by atoms with E-state index in [9.17, 15) is 0 Å². The lowest BCUT2D eigenvalue weighted by Gasteiger charge is -2.09. The highest BCUT2D eigenvalue weighted by Gasteiger charge is 2.14. The average molecular weight is 258 g/mol. The second-order valence-electron chi connectivity index (χ2n) is 5.18. The molecule has 1 aromatic carbocycles. The van der Waals surface area contributed by atoms with Crippen molar-refractivity contribution in [2.75, 3.05) is 20.2 Å². The third kappa shape index (κ3) is 2.37. The summed E-state index contributed by atoms with van der Waals surface area (Å²) >= 11 is 0. The highest BCUT2D eigenvalue weighted by atomic mass is 16.5. The Labute approximate surface area is 113 Å². The second-order valence-corrected chi connectivity index (χ2v) is 5.18. The molecule has 0 bridgehead atoms. The maximum Gasteiger partial charge on any atom is 0.368 e. The monoisotopic (exact) mass is 258 g/mol. The van der Waals surface area contributed by atoms with E-state index in [2.05, 4.69) is 23.6 Å². The first-order valence-corrected chi connectivity index (χ1v) is 6.94. The van der Waals surface area contributed by atoms with Gasteiger partial charge in [0.1, 0.15) is 24.4 Å². The van der Waals surface area contributed by atoms with Gasteiger partial charge in [0.15, 0.2) is 0 Å². The molecular formula is C16H20NO2+. The zero-order valence-corrected chi connectivity index (χ0v) is 11.6. The molecule has 1 aromatic heterocycles. The van der Waals surface area contributed by atoms with Crippen LogP contribution in [0.1, 0.15) is 24.8 Å². The Kier molecular flexibility index (Phi) is 3.28. The van der Waals surface area contributed by atoms with Crippen LogP contribution in [0.5, 0.6) is 5.75 Å². The van der Waals surface area contributed by atoms with Crippen LogP contribution in [0, 0.1) is 6.92 Å². The molecule has 2 aromatic rings. The van der Waals surface area contributed by atoms with Crippen LogP contribution in [0.2, 0.25) is 0 Å². The summed E-state index contributed by atoms with van der Waals surface area (Å²) in [5.41, 5.74) is 3.14. The summed E-state index contributed by atoms with van der Waals surface area (Å²) in [5.74, 6) is 0.839. The number of rotatable bonds is 1. The number of ether oxygens (including phenoxy) is 1. The van der Waals surface area contributed by atoms with Gasteiger partial charge in [0.25, 0.3) is 0 Å². The number of piperidine rings is 1. The van der Waals surface area contributed by atoms with Crippen molar-refractivity contribution in [2.24, 2.45) is 0 Å². The van der Waals surface area contributed by atoms with E-state index in [0.717, 1.165) is 35.4 Å². The van der Waals surface area contributed by atoms with Crippen LogP contribution in [-0.4, -0.2) is 20.2 Å². The molecule has 0 radical (unpaired) electrons. The molecule has 1 aliphatic heterocycles. The van der Waals surface area contributed by atoms with Crippen molar-refractivity contribution in [1.82, 2.24) is 4.58 Å². The van der Waals surface area contributed by atoms with E-state index >= 15 is 0 Å². The van der Waals surface area contributed by atoms with Crippen LogP contribution in [0.3, 0.4) is 0 Å². The molecule has 1 aliphatic rings. The molecule has 0 atom stereocenters. The van der Waals surface area contributed by atoms with Gasteiger partial charge in [-0.3, -0.25) is 0 Å². The normalized spacial score (nSPS) is 15.8. The van der Waals surface area contributed by atoms with Crippen molar-refractivity contribution >= 4 is 11.0 Å². The Morgan fingerprint density at radius 3 is 2.63 bits per heavy atom. The number of benzene rings is 1. The lowest BCUT2D eigenvalue weighted by Crippen LogP contribution is -2.34. The van der Waals surface area contributed by atoms with Crippen LogP contribution >= 0.6 is 0 Å². The van der Waals surface area contributed by atoms with Gasteiger partial charge in [-0.05, 0) is 31.0 Å². The van der Waals surface area contributed by atoms with Crippen LogP contribution in [0.4, 0.5) is 0 Å². The minimum absolute atomic E-state index is 0.839. The van der Waals surface area contributed by atoms with Gasteiger partial charge in [-0.2, -0.15) is 4.58 Å². The van der Waals surface area contributed by atoms with E-state index in [1.54, 1.807) is 7.11 Å². The number of aryl methyl sites for hydroxylation is 1. The molecule has 1 fully saturated rings. The minimum atomic E-state index is 0.839. The molecule has 0 spiro atoms. The Morgan fingerprint density at radius 2 is 1.89 bits per heavy atom. The molecule has 2 heterocycles. The quantitative estimate of drug-likeness (QED) is 0.735. The molecule has 0 unspecified atom stereocenters. The lowest BCUT2D eigenvalue weighted by atomic mass is 10.1. The molecule has 3 heteroatoms. The highest BCUT2D eigenvalue weighted by Crippen LogP contribution is 2.21. The third-order valence-corrected chi connectivity index (χ3v) is 3.84. The predicted octanol–water partition coefficient (Wildman–Crippen LogP) is 2.71. The second kappa shape index (κ2) is 5.08. The van der Waals surface area contributed by atoms with Gasteiger partial charge in [0.05, 0.1) is 13.2 Å². The lowest BCUT2D eigenvalue weighted by molar-refractivity contribution is 0.385. The van der Waals surface area contributed by atoms with Crippen LogP contribution < -0.4 is 14.9 Å². The summed E-state index contributed by atoms with van der Waals surface area (Å²) < 4.78 is 13.7. The zero-order chi connectivity index (χ0) is 13.2. The Balaban J connectivity index is 2.21. The largest absolute Gasteiger partial charge is 0.497 e. The minimum Gasteiger partial charge on any atom is -0.497 e. The topological polar surface area (TPSA) is 25.4 Å². The van der Waals surface area contributed by atoms with Crippen molar-refractivity contribution in [3.8, 4) is 5.75 Å². The van der Waals surface area contributed by atoms with Crippen molar-refractivity contribution in [2.45, 2.75) is 26.2 Å². The fraction of sp³-hybridized carbons (Fsp3) is 0.438. The van der Waals surface area contributed by atoms with E-state index in [1.165, 1.54) is 24.8 Å². The Bertz CT molecular complexity index is 662. The summed E-state index contributed by atoms with van der Waals surface area (Å²) in [5, 5.41) is 1.15. The average Bonchev–Trinajstić information content (AvgIpc) is 2.47. The number of hydrogen-bond acceptors (Lipinski definition) is 2. The SMILES string of the molecule is COc1ccc2c(C)cc(=[N+]3CCCCC3)oc2c1. The summed E-state index contributed by atoms with van der Waals surface area (Å²) in [6.07, 6.45) is 3.84. The molecule has 100 valence electrons. The number of hydrogen-bond donors (Lipinski definition) is 0. The number of fused-ring (bicyclic) bond motifs is 1. The van der Waals surface area contributed by atoms with Crippen molar-refractivity contribution in [1.29, 1.82) is 0 Å².